The average Bonchev–Trinajstić information content (AvgIpc) is 2.67. The number of hydrogen-bond donors (Lipinski definition) is 0. The van der Waals surface area contributed by atoms with Crippen LogP contribution in [0.2, 0.25) is 0 Å². The van der Waals surface area contributed by atoms with E-state index in [0.29, 0.717) is 0 Å². The first-order valence-electron chi connectivity index (χ1n) is 9.42. The van der Waals surface area contributed by atoms with Crippen LogP contribution in [0, 0.1) is 10.1 Å². The molecule has 0 spiro atoms. The summed E-state index contributed by atoms with van der Waals surface area (Å²) in [6.45, 7) is 5.73. The Morgan fingerprint density at radius 2 is 1.45 bits per heavy atom. The Hall–Kier alpha value is -3.02. The lowest BCUT2D eigenvalue weighted by Gasteiger charge is -2.30. The zero-order chi connectivity index (χ0) is 23.8. The van der Waals surface area contributed by atoms with Crippen LogP contribution in [0.15, 0.2) is 29.2 Å². The fourth-order valence-corrected chi connectivity index (χ4v) is 4.52. The van der Waals surface area contributed by atoms with E-state index in [9.17, 15) is 32.9 Å². The molecule has 1 rings (SSSR count). The summed E-state index contributed by atoms with van der Waals surface area (Å²) in [5.74, 6) is -3.42. The minimum absolute atomic E-state index is 0.0921. The molecule has 0 amide bonds. The number of carbonyl (C=O) groups excluding carboxylic acids is 3. The molecule has 11 nitrogen and oxygen atoms in total. The van der Waals surface area contributed by atoms with E-state index in [2.05, 4.69) is 0 Å². The highest BCUT2D eigenvalue weighted by Crippen LogP contribution is 2.36. The van der Waals surface area contributed by atoms with Crippen LogP contribution in [-0.4, -0.2) is 55.3 Å². The molecule has 0 fully saturated rings. The first-order valence-corrected chi connectivity index (χ1v) is 10.9. The van der Waals surface area contributed by atoms with Gasteiger partial charge in [-0.05, 0) is 39.8 Å². The van der Waals surface area contributed by atoms with Crippen molar-refractivity contribution in [2.75, 3.05) is 13.2 Å². The molecule has 12 heteroatoms. The van der Waals surface area contributed by atoms with Crippen molar-refractivity contribution in [3.63, 3.8) is 0 Å². The van der Waals surface area contributed by atoms with Crippen LogP contribution in [0.1, 0.15) is 40.5 Å². The first-order chi connectivity index (χ1) is 14.4. The van der Waals surface area contributed by atoms with Gasteiger partial charge in [0.25, 0.3) is 5.69 Å². The van der Waals surface area contributed by atoms with Crippen LogP contribution in [0.25, 0.3) is 0 Å². The number of esters is 3. The average molecular weight is 459 g/mol. The van der Waals surface area contributed by atoms with Crippen molar-refractivity contribution in [2.24, 2.45) is 0 Å². The SMILES string of the molecule is CCOC(=O)CC(CC(=O)OCC)(C(=O)OC(C)C)S(=O)(=O)c1ccc([N+](=O)[O-])cc1. The molecule has 0 N–H and O–H groups in total. The Morgan fingerprint density at radius 1 is 1.00 bits per heavy atom. The van der Waals surface area contributed by atoms with Gasteiger partial charge >= 0.3 is 17.9 Å². The highest BCUT2D eigenvalue weighted by Gasteiger charge is 2.56. The molecule has 31 heavy (non-hydrogen) atoms. The van der Waals surface area contributed by atoms with Gasteiger partial charge in [0.05, 0.1) is 42.0 Å². The molecule has 0 unspecified atom stereocenters. The van der Waals surface area contributed by atoms with Crippen LogP contribution in [0.3, 0.4) is 0 Å². The van der Waals surface area contributed by atoms with Gasteiger partial charge in [-0.15, -0.1) is 0 Å². The second-order valence-electron chi connectivity index (χ2n) is 6.67. The highest BCUT2D eigenvalue weighted by molar-refractivity contribution is 7.93. The minimum atomic E-state index is -4.78. The summed E-state index contributed by atoms with van der Waals surface area (Å²) in [4.78, 5) is 47.2. The number of benzene rings is 1. The fourth-order valence-electron chi connectivity index (χ4n) is 2.69. The van der Waals surface area contributed by atoms with E-state index in [1.165, 1.54) is 27.7 Å². The van der Waals surface area contributed by atoms with Crippen molar-refractivity contribution in [1.29, 1.82) is 0 Å². The lowest BCUT2D eigenvalue weighted by molar-refractivity contribution is -0.384. The molecule has 0 atom stereocenters. The second kappa shape index (κ2) is 10.8. The van der Waals surface area contributed by atoms with Crippen molar-refractivity contribution in [2.45, 2.75) is 56.3 Å². The topological polar surface area (TPSA) is 156 Å². The minimum Gasteiger partial charge on any atom is -0.466 e. The Morgan fingerprint density at radius 3 is 1.81 bits per heavy atom. The summed E-state index contributed by atoms with van der Waals surface area (Å²) in [5.41, 5.74) is -0.384. The summed E-state index contributed by atoms with van der Waals surface area (Å²) >= 11 is 0. The molecular weight excluding hydrogens is 434 g/mol. The number of carbonyl (C=O) groups is 3. The van der Waals surface area contributed by atoms with E-state index in [1.807, 2.05) is 0 Å². The normalized spacial score (nSPS) is 11.6. The standard InChI is InChI=1S/C19H25NO10S/c1-5-28-16(21)11-19(12-17(22)29-6-2,18(23)30-13(3)4)31(26,27)15-9-7-14(8-10-15)20(24)25/h7-10,13H,5-6,11-12H2,1-4H3. The third-order valence-electron chi connectivity index (χ3n) is 4.06. The molecule has 0 aromatic heterocycles. The smallest absolute Gasteiger partial charge is 0.329 e. The van der Waals surface area contributed by atoms with E-state index in [4.69, 9.17) is 14.2 Å². The van der Waals surface area contributed by atoms with Gasteiger partial charge in [0.2, 0.25) is 0 Å². The highest BCUT2D eigenvalue weighted by atomic mass is 32.2. The van der Waals surface area contributed by atoms with E-state index >= 15 is 0 Å². The Kier molecular flexibility index (Phi) is 9.10. The molecule has 0 heterocycles. The Balaban J connectivity index is 3.71. The number of nitro benzene ring substituents is 1. The molecule has 0 saturated heterocycles. The summed E-state index contributed by atoms with van der Waals surface area (Å²) < 4.78 is 39.2. The molecule has 172 valence electrons. The summed E-state index contributed by atoms with van der Waals surface area (Å²) in [7, 11) is -4.78. The maximum Gasteiger partial charge on any atom is 0.329 e. The third kappa shape index (κ3) is 6.23. The third-order valence-corrected chi connectivity index (χ3v) is 6.43. The summed E-state index contributed by atoms with van der Waals surface area (Å²) in [6.07, 6.45) is -2.78. The van der Waals surface area contributed by atoms with Crippen LogP contribution < -0.4 is 0 Å². The number of sulfone groups is 1. The number of ether oxygens (including phenoxy) is 3. The summed E-state index contributed by atoms with van der Waals surface area (Å²) in [6, 6.07) is 3.70. The lowest BCUT2D eigenvalue weighted by Crippen LogP contribution is -2.51. The molecule has 1 aromatic rings. The van der Waals surface area contributed by atoms with Gasteiger partial charge in [0.1, 0.15) is 0 Å². The maximum atomic E-state index is 13.6. The van der Waals surface area contributed by atoms with Crippen molar-refractivity contribution in [3.8, 4) is 0 Å². The Bertz CT molecular complexity index is 902. The summed E-state index contributed by atoms with van der Waals surface area (Å²) in [5, 5.41) is 10.9. The van der Waals surface area contributed by atoms with Crippen LogP contribution in [0.5, 0.6) is 0 Å². The number of hydrogen-bond acceptors (Lipinski definition) is 10. The predicted octanol–water partition coefficient (Wildman–Crippen LogP) is 1.97. The lowest BCUT2D eigenvalue weighted by atomic mass is 10.00. The van der Waals surface area contributed by atoms with Gasteiger partial charge in [-0.1, -0.05) is 0 Å². The number of nitro groups is 1. The van der Waals surface area contributed by atoms with Crippen molar-refractivity contribution in [3.05, 3.63) is 34.4 Å². The van der Waals surface area contributed by atoms with Gasteiger partial charge in [0, 0.05) is 12.1 Å². The largest absolute Gasteiger partial charge is 0.466 e. The van der Waals surface area contributed by atoms with Crippen LogP contribution >= 0.6 is 0 Å². The molecule has 0 aliphatic heterocycles. The second-order valence-corrected chi connectivity index (χ2v) is 8.93. The number of non-ortho nitro benzene ring substituents is 1. The van der Waals surface area contributed by atoms with Crippen molar-refractivity contribution < 1.29 is 41.9 Å². The quantitative estimate of drug-likeness (QED) is 0.207. The first kappa shape index (κ1) is 26.0. The zero-order valence-electron chi connectivity index (χ0n) is 17.7. The molecule has 0 bridgehead atoms. The van der Waals surface area contributed by atoms with Crippen LogP contribution in [-0.2, 0) is 38.4 Å². The van der Waals surface area contributed by atoms with Gasteiger partial charge in [0.15, 0.2) is 14.6 Å². The predicted molar refractivity (Wildman–Crippen MR) is 107 cm³/mol. The van der Waals surface area contributed by atoms with Gasteiger partial charge in [-0.3, -0.25) is 24.5 Å². The number of rotatable bonds is 11. The number of nitrogens with zero attached hydrogens (tertiary/aromatic N) is 1. The van der Waals surface area contributed by atoms with Gasteiger partial charge in [-0.2, -0.15) is 0 Å². The molecular formula is C19H25NO10S. The van der Waals surface area contributed by atoms with Crippen LogP contribution in [0.4, 0.5) is 5.69 Å². The van der Waals surface area contributed by atoms with Crippen molar-refractivity contribution in [1.82, 2.24) is 0 Å². The fraction of sp³-hybridized carbons (Fsp3) is 0.526. The molecule has 0 aliphatic rings. The van der Waals surface area contributed by atoms with E-state index < -0.39 is 61.3 Å². The van der Waals surface area contributed by atoms with E-state index in [1.54, 1.807) is 0 Å². The van der Waals surface area contributed by atoms with Crippen molar-refractivity contribution >= 4 is 33.4 Å². The van der Waals surface area contributed by atoms with Gasteiger partial charge in [-0.25, -0.2) is 8.42 Å². The zero-order valence-corrected chi connectivity index (χ0v) is 18.5. The van der Waals surface area contributed by atoms with E-state index in [-0.39, 0.29) is 18.9 Å². The van der Waals surface area contributed by atoms with Gasteiger partial charge < -0.3 is 14.2 Å². The maximum absolute atomic E-state index is 13.6. The molecule has 1 aromatic carbocycles. The molecule has 0 saturated carbocycles. The van der Waals surface area contributed by atoms with E-state index in [0.717, 1.165) is 24.3 Å². The molecule has 0 aliphatic carbocycles. The Labute approximate surface area is 179 Å². The molecule has 0 radical (unpaired) electrons. The monoisotopic (exact) mass is 459 g/mol.